The lowest BCUT2D eigenvalue weighted by atomic mass is 10.1. The summed E-state index contributed by atoms with van der Waals surface area (Å²) in [4.78, 5) is 0. The van der Waals surface area contributed by atoms with Gasteiger partial charge < -0.3 is 4.57 Å². The SMILES string of the molecule is CCC#Cn1c2cc(C#Cc3ccccc3)ccc2c2c3ccc(/C=C/c4ccccc4)cc3n(CCCC)c21. The van der Waals surface area contributed by atoms with E-state index in [9.17, 15) is 0 Å². The Labute approximate surface area is 236 Å². The third-order valence-corrected chi connectivity index (χ3v) is 7.28. The molecule has 0 radical (unpaired) electrons. The van der Waals surface area contributed by atoms with E-state index >= 15 is 0 Å². The summed E-state index contributed by atoms with van der Waals surface area (Å²) in [6, 6.07) is 37.5. The summed E-state index contributed by atoms with van der Waals surface area (Å²) in [6.45, 7) is 5.30. The minimum atomic E-state index is 0.804. The highest BCUT2D eigenvalue weighted by Gasteiger charge is 2.20. The Balaban J connectivity index is 1.56. The molecule has 0 bridgehead atoms. The molecule has 2 heteroatoms. The summed E-state index contributed by atoms with van der Waals surface area (Å²) in [5, 5.41) is 3.76. The molecule has 0 aliphatic carbocycles. The third-order valence-electron chi connectivity index (χ3n) is 7.28. The lowest BCUT2D eigenvalue weighted by Crippen LogP contribution is -2.02. The molecule has 0 amide bonds. The monoisotopic (exact) mass is 516 g/mol. The van der Waals surface area contributed by atoms with Gasteiger partial charge in [0.2, 0.25) is 0 Å². The first-order chi connectivity index (χ1) is 19.8. The van der Waals surface area contributed by atoms with E-state index in [2.05, 4.69) is 126 Å². The van der Waals surface area contributed by atoms with Crippen LogP contribution < -0.4 is 0 Å². The lowest BCUT2D eigenvalue weighted by molar-refractivity contribution is 0.659. The third kappa shape index (κ3) is 4.93. The Morgan fingerprint density at radius 1 is 0.675 bits per heavy atom. The van der Waals surface area contributed by atoms with E-state index in [1.165, 1.54) is 38.4 Å². The molecule has 0 spiro atoms. The second kappa shape index (κ2) is 11.4. The van der Waals surface area contributed by atoms with Gasteiger partial charge in [0.25, 0.3) is 0 Å². The maximum absolute atomic E-state index is 3.48. The average molecular weight is 517 g/mol. The normalized spacial score (nSPS) is 11.2. The van der Waals surface area contributed by atoms with Gasteiger partial charge in [-0.25, -0.2) is 0 Å². The Bertz CT molecular complexity index is 1960. The first kappa shape index (κ1) is 25.4. The quantitative estimate of drug-likeness (QED) is 0.160. The Morgan fingerprint density at radius 3 is 2.15 bits per heavy atom. The van der Waals surface area contributed by atoms with Crippen molar-refractivity contribution in [3.05, 3.63) is 119 Å². The molecule has 2 aromatic heterocycles. The van der Waals surface area contributed by atoms with E-state index < -0.39 is 0 Å². The van der Waals surface area contributed by atoms with Crippen molar-refractivity contribution in [1.82, 2.24) is 9.13 Å². The van der Waals surface area contributed by atoms with Gasteiger partial charge in [-0.3, -0.25) is 4.57 Å². The highest BCUT2D eigenvalue weighted by Crippen LogP contribution is 2.38. The maximum atomic E-state index is 3.48. The molecule has 0 fully saturated rings. The summed E-state index contributed by atoms with van der Waals surface area (Å²) < 4.78 is 4.69. The molecule has 4 aromatic carbocycles. The highest BCUT2D eigenvalue weighted by atomic mass is 15.1. The fourth-order valence-corrected chi connectivity index (χ4v) is 5.31. The summed E-state index contributed by atoms with van der Waals surface area (Å²) >= 11 is 0. The van der Waals surface area contributed by atoms with Gasteiger partial charge in [-0.1, -0.05) is 117 Å². The number of aromatic nitrogens is 2. The van der Waals surface area contributed by atoms with Crippen molar-refractivity contribution >= 4 is 45.0 Å². The maximum Gasteiger partial charge on any atom is 0.134 e. The fraction of sp³-hybridized carbons (Fsp3) is 0.158. The molecule has 0 saturated carbocycles. The number of fused-ring (bicyclic) bond motifs is 5. The molecule has 194 valence electrons. The Kier molecular flexibility index (Phi) is 7.26. The summed E-state index contributed by atoms with van der Waals surface area (Å²) in [5.74, 6) is 10.0. The number of hydrogen-bond donors (Lipinski definition) is 0. The predicted octanol–water partition coefficient (Wildman–Crippen LogP) is 9.34. The molecular weight excluding hydrogens is 484 g/mol. The minimum absolute atomic E-state index is 0.804. The molecule has 0 aliphatic rings. The fourth-order valence-electron chi connectivity index (χ4n) is 5.31. The summed E-state index contributed by atoms with van der Waals surface area (Å²) in [5.41, 5.74) is 7.96. The zero-order chi connectivity index (χ0) is 27.3. The van der Waals surface area contributed by atoms with Crippen LogP contribution in [0.3, 0.4) is 0 Å². The molecule has 40 heavy (non-hydrogen) atoms. The van der Waals surface area contributed by atoms with Gasteiger partial charge in [-0.15, -0.1) is 0 Å². The second-order valence-electron chi connectivity index (χ2n) is 10.0. The molecule has 0 saturated heterocycles. The number of benzene rings is 4. The average Bonchev–Trinajstić information content (AvgIpc) is 3.49. The second-order valence-corrected chi connectivity index (χ2v) is 10.0. The van der Waals surface area contributed by atoms with E-state index in [-0.39, 0.29) is 0 Å². The van der Waals surface area contributed by atoms with Crippen LogP contribution in [0.1, 0.15) is 55.4 Å². The molecule has 0 unspecified atom stereocenters. The van der Waals surface area contributed by atoms with Gasteiger partial charge in [-0.2, -0.15) is 0 Å². The minimum Gasteiger partial charge on any atom is -0.326 e. The van der Waals surface area contributed by atoms with Crippen LogP contribution in [0.4, 0.5) is 0 Å². The van der Waals surface area contributed by atoms with Crippen molar-refractivity contribution in [2.24, 2.45) is 0 Å². The first-order valence-electron chi connectivity index (χ1n) is 14.2. The van der Waals surface area contributed by atoms with Crippen LogP contribution in [-0.2, 0) is 6.54 Å². The lowest BCUT2D eigenvalue weighted by Gasteiger charge is -2.09. The van der Waals surface area contributed by atoms with Crippen molar-refractivity contribution < 1.29 is 0 Å². The van der Waals surface area contributed by atoms with Crippen LogP contribution in [-0.4, -0.2) is 9.13 Å². The molecule has 0 atom stereocenters. The van der Waals surface area contributed by atoms with Crippen LogP contribution in [0.5, 0.6) is 0 Å². The standard InChI is InChI=1S/C38H32N2/c1-3-5-25-39-35-27-31(19-17-29-13-9-7-10-14-29)21-23-33(35)37-34-24-22-32(20-18-30-15-11-8-12-16-30)28-36(34)40(38(37)39)26-6-4-2/h7-17,19,21-24,27-28H,3-5,25H2,1-2H3/b19-17+. The van der Waals surface area contributed by atoms with Crippen LogP contribution in [0, 0.1) is 23.8 Å². The van der Waals surface area contributed by atoms with Crippen LogP contribution in [0.25, 0.3) is 45.0 Å². The Morgan fingerprint density at radius 2 is 1.38 bits per heavy atom. The highest BCUT2D eigenvalue weighted by molar-refractivity contribution is 6.22. The smallest absolute Gasteiger partial charge is 0.134 e. The molecule has 6 aromatic rings. The van der Waals surface area contributed by atoms with Crippen molar-refractivity contribution in [2.75, 3.05) is 0 Å². The van der Waals surface area contributed by atoms with Crippen molar-refractivity contribution in [2.45, 2.75) is 39.7 Å². The molecule has 0 N–H and O–H groups in total. The van der Waals surface area contributed by atoms with E-state index in [0.29, 0.717) is 0 Å². The number of hydrogen-bond acceptors (Lipinski definition) is 0. The van der Waals surface area contributed by atoms with Gasteiger partial charge in [0.1, 0.15) is 5.65 Å². The van der Waals surface area contributed by atoms with E-state index in [4.69, 9.17) is 0 Å². The van der Waals surface area contributed by atoms with Crippen molar-refractivity contribution in [3.63, 3.8) is 0 Å². The van der Waals surface area contributed by atoms with Crippen LogP contribution in [0.2, 0.25) is 0 Å². The van der Waals surface area contributed by atoms with Gasteiger partial charge in [-0.05, 0) is 47.9 Å². The van der Waals surface area contributed by atoms with Gasteiger partial charge in [0, 0.05) is 46.3 Å². The largest absolute Gasteiger partial charge is 0.326 e. The molecule has 0 aliphatic heterocycles. The summed E-state index contributed by atoms with van der Waals surface area (Å²) in [6.07, 6.45) is 7.44. The number of aryl methyl sites for hydroxylation is 1. The summed E-state index contributed by atoms with van der Waals surface area (Å²) in [7, 11) is 0. The van der Waals surface area contributed by atoms with Gasteiger partial charge >= 0.3 is 0 Å². The molecule has 6 rings (SSSR count). The van der Waals surface area contributed by atoms with Crippen LogP contribution in [0.15, 0.2) is 97.1 Å². The van der Waals surface area contributed by atoms with E-state index in [0.717, 1.165) is 42.5 Å². The number of nitrogens with zero attached hydrogens (tertiary/aromatic N) is 2. The number of unbranched alkanes of at least 4 members (excludes halogenated alkanes) is 1. The van der Waals surface area contributed by atoms with Crippen LogP contribution >= 0.6 is 0 Å². The topological polar surface area (TPSA) is 9.86 Å². The molecule has 2 nitrogen and oxygen atoms in total. The molecule has 2 heterocycles. The molecular formula is C38H32N2. The van der Waals surface area contributed by atoms with Crippen molar-refractivity contribution in [1.29, 1.82) is 0 Å². The van der Waals surface area contributed by atoms with Gasteiger partial charge in [0.05, 0.1) is 11.0 Å². The number of rotatable bonds is 5. The van der Waals surface area contributed by atoms with Crippen molar-refractivity contribution in [3.8, 4) is 23.8 Å². The Hall–Kier alpha value is -4.92. The van der Waals surface area contributed by atoms with E-state index in [1.54, 1.807) is 0 Å². The zero-order valence-electron chi connectivity index (χ0n) is 23.1. The predicted molar refractivity (Wildman–Crippen MR) is 171 cm³/mol. The first-order valence-corrected chi connectivity index (χ1v) is 14.2. The van der Waals surface area contributed by atoms with E-state index in [1.807, 2.05) is 30.3 Å². The van der Waals surface area contributed by atoms with Gasteiger partial charge in [0.15, 0.2) is 0 Å². The zero-order valence-corrected chi connectivity index (χ0v) is 23.1.